The molecule has 104 valence electrons. The van der Waals surface area contributed by atoms with Crippen LogP contribution in [0.25, 0.3) is 11.4 Å². The quantitative estimate of drug-likeness (QED) is 0.842. The van der Waals surface area contributed by atoms with Crippen LogP contribution in [0.5, 0.6) is 0 Å². The summed E-state index contributed by atoms with van der Waals surface area (Å²) in [6.45, 7) is 1.65. The van der Waals surface area contributed by atoms with Gasteiger partial charge in [-0.15, -0.1) is 11.8 Å². The third kappa shape index (κ3) is 3.08. The number of rotatable bonds is 4. The van der Waals surface area contributed by atoms with E-state index in [9.17, 15) is 9.59 Å². The van der Waals surface area contributed by atoms with Crippen molar-refractivity contribution >= 4 is 17.7 Å². The Morgan fingerprint density at radius 2 is 2.00 bits per heavy atom. The van der Waals surface area contributed by atoms with E-state index in [0.717, 1.165) is 10.5 Å². The minimum Gasteiger partial charge on any atom is -0.481 e. The van der Waals surface area contributed by atoms with Crippen molar-refractivity contribution in [3.05, 3.63) is 45.9 Å². The Balaban J connectivity index is 2.43. The van der Waals surface area contributed by atoms with Crippen molar-refractivity contribution in [2.45, 2.75) is 18.2 Å². The maximum Gasteiger partial charge on any atom is 0.308 e. The van der Waals surface area contributed by atoms with Gasteiger partial charge in [-0.2, -0.15) is 0 Å². The number of H-pyrrole nitrogens is 1. The zero-order valence-corrected chi connectivity index (χ0v) is 12.0. The van der Waals surface area contributed by atoms with Gasteiger partial charge in [0.05, 0.1) is 6.42 Å². The number of nitrogens with one attached hydrogen (secondary N) is 1. The van der Waals surface area contributed by atoms with Crippen molar-refractivity contribution in [1.82, 2.24) is 9.97 Å². The first-order valence-electron chi connectivity index (χ1n) is 5.97. The summed E-state index contributed by atoms with van der Waals surface area (Å²) in [4.78, 5) is 30.7. The van der Waals surface area contributed by atoms with Crippen LogP contribution in [0.2, 0.25) is 0 Å². The molecule has 1 heterocycles. The normalized spacial score (nSPS) is 10.5. The SMILES string of the molecule is CSc1ccc(-c2nc(C)c(CC(=O)O)c(=O)[nH]2)cc1. The summed E-state index contributed by atoms with van der Waals surface area (Å²) in [6, 6.07) is 7.64. The number of carboxylic acid groups (broad SMARTS) is 1. The van der Waals surface area contributed by atoms with E-state index in [1.807, 2.05) is 30.5 Å². The largest absolute Gasteiger partial charge is 0.481 e. The summed E-state index contributed by atoms with van der Waals surface area (Å²) in [6.07, 6.45) is 1.67. The van der Waals surface area contributed by atoms with Crippen molar-refractivity contribution in [2.24, 2.45) is 0 Å². The van der Waals surface area contributed by atoms with Gasteiger partial charge in [0.2, 0.25) is 0 Å². The van der Waals surface area contributed by atoms with Crippen LogP contribution in [0.4, 0.5) is 0 Å². The van der Waals surface area contributed by atoms with Crippen LogP contribution < -0.4 is 5.56 Å². The number of hydrogen-bond acceptors (Lipinski definition) is 4. The molecule has 0 saturated heterocycles. The summed E-state index contributed by atoms with van der Waals surface area (Å²) < 4.78 is 0. The second kappa shape index (κ2) is 5.92. The number of thioether (sulfide) groups is 1. The van der Waals surface area contributed by atoms with Gasteiger partial charge in [0, 0.05) is 21.7 Å². The summed E-state index contributed by atoms with van der Waals surface area (Å²) >= 11 is 1.63. The molecule has 1 aromatic heterocycles. The van der Waals surface area contributed by atoms with Gasteiger partial charge in [-0.05, 0) is 25.3 Å². The Morgan fingerprint density at radius 3 is 2.50 bits per heavy atom. The average Bonchev–Trinajstić information content (AvgIpc) is 2.42. The number of carbonyl (C=O) groups is 1. The van der Waals surface area contributed by atoms with Crippen LogP contribution in [-0.2, 0) is 11.2 Å². The van der Waals surface area contributed by atoms with E-state index in [1.165, 1.54) is 0 Å². The van der Waals surface area contributed by atoms with Gasteiger partial charge in [0.15, 0.2) is 0 Å². The van der Waals surface area contributed by atoms with E-state index < -0.39 is 11.5 Å². The summed E-state index contributed by atoms with van der Waals surface area (Å²) in [5, 5.41) is 8.78. The maximum atomic E-state index is 11.9. The second-order valence-corrected chi connectivity index (χ2v) is 5.16. The number of benzene rings is 1. The highest BCUT2D eigenvalue weighted by Gasteiger charge is 2.12. The molecule has 0 unspecified atom stereocenters. The molecule has 0 aliphatic heterocycles. The molecular formula is C14H14N2O3S. The third-order valence-corrected chi connectivity index (χ3v) is 3.66. The van der Waals surface area contributed by atoms with Crippen LogP contribution in [0.15, 0.2) is 34.0 Å². The predicted molar refractivity (Wildman–Crippen MR) is 78.2 cm³/mol. The zero-order chi connectivity index (χ0) is 14.7. The molecule has 0 radical (unpaired) electrons. The molecule has 0 aliphatic rings. The molecule has 0 fully saturated rings. The lowest BCUT2D eigenvalue weighted by atomic mass is 10.1. The van der Waals surface area contributed by atoms with Crippen molar-refractivity contribution in [1.29, 1.82) is 0 Å². The molecule has 20 heavy (non-hydrogen) atoms. The number of nitrogens with zero attached hydrogens (tertiary/aromatic N) is 1. The van der Waals surface area contributed by atoms with E-state index in [0.29, 0.717) is 11.5 Å². The van der Waals surface area contributed by atoms with Gasteiger partial charge in [0.1, 0.15) is 5.82 Å². The molecule has 1 aromatic carbocycles. The Kier molecular flexibility index (Phi) is 4.24. The van der Waals surface area contributed by atoms with Crippen LogP contribution in [0, 0.1) is 6.92 Å². The van der Waals surface area contributed by atoms with E-state index in [2.05, 4.69) is 9.97 Å². The highest BCUT2D eigenvalue weighted by atomic mass is 32.2. The molecule has 0 amide bonds. The molecule has 2 rings (SSSR count). The standard InChI is InChI=1S/C14H14N2O3S/c1-8-11(7-12(17)18)14(19)16-13(15-8)9-3-5-10(20-2)6-4-9/h3-6H,7H2,1-2H3,(H,17,18)(H,15,16,19). The topological polar surface area (TPSA) is 83.0 Å². The fraction of sp³-hybridized carbons (Fsp3) is 0.214. The smallest absolute Gasteiger partial charge is 0.308 e. The van der Waals surface area contributed by atoms with Crippen LogP contribution in [-0.4, -0.2) is 27.3 Å². The summed E-state index contributed by atoms with van der Waals surface area (Å²) in [5.74, 6) is -0.591. The molecule has 5 nitrogen and oxygen atoms in total. The monoisotopic (exact) mass is 290 g/mol. The summed E-state index contributed by atoms with van der Waals surface area (Å²) in [5.41, 5.74) is 1.04. The molecular weight excluding hydrogens is 276 g/mol. The Labute approximate surface area is 120 Å². The fourth-order valence-electron chi connectivity index (χ4n) is 1.86. The van der Waals surface area contributed by atoms with E-state index in [1.54, 1.807) is 18.7 Å². The number of aliphatic carboxylic acids is 1. The molecule has 6 heteroatoms. The van der Waals surface area contributed by atoms with Gasteiger partial charge in [-0.1, -0.05) is 12.1 Å². The third-order valence-electron chi connectivity index (χ3n) is 2.91. The first kappa shape index (κ1) is 14.3. The minimum atomic E-state index is -1.04. The number of hydrogen-bond donors (Lipinski definition) is 2. The van der Waals surface area contributed by atoms with Gasteiger partial charge >= 0.3 is 5.97 Å². The van der Waals surface area contributed by atoms with Crippen LogP contribution in [0.3, 0.4) is 0 Å². The molecule has 0 bridgehead atoms. The second-order valence-electron chi connectivity index (χ2n) is 4.28. The van der Waals surface area contributed by atoms with Crippen molar-refractivity contribution in [3.63, 3.8) is 0 Å². The van der Waals surface area contributed by atoms with Crippen LogP contribution >= 0.6 is 11.8 Å². The number of carboxylic acids is 1. The van der Waals surface area contributed by atoms with Gasteiger partial charge in [0.25, 0.3) is 5.56 Å². The number of aryl methyl sites for hydroxylation is 1. The highest BCUT2D eigenvalue weighted by Crippen LogP contribution is 2.20. The first-order valence-corrected chi connectivity index (χ1v) is 7.19. The van der Waals surface area contributed by atoms with E-state index >= 15 is 0 Å². The Bertz CT molecular complexity index is 693. The lowest BCUT2D eigenvalue weighted by Crippen LogP contribution is -2.20. The highest BCUT2D eigenvalue weighted by molar-refractivity contribution is 7.98. The minimum absolute atomic E-state index is 0.196. The Morgan fingerprint density at radius 1 is 1.35 bits per heavy atom. The number of aromatic amines is 1. The maximum absolute atomic E-state index is 11.9. The van der Waals surface area contributed by atoms with E-state index in [4.69, 9.17) is 5.11 Å². The molecule has 0 atom stereocenters. The van der Waals surface area contributed by atoms with Gasteiger partial charge in [-0.3, -0.25) is 9.59 Å². The van der Waals surface area contributed by atoms with Crippen LogP contribution in [0.1, 0.15) is 11.3 Å². The van der Waals surface area contributed by atoms with Crippen molar-refractivity contribution in [2.75, 3.05) is 6.26 Å². The molecule has 2 aromatic rings. The Hall–Kier alpha value is -2.08. The van der Waals surface area contributed by atoms with Crippen molar-refractivity contribution in [3.8, 4) is 11.4 Å². The fourth-order valence-corrected chi connectivity index (χ4v) is 2.26. The number of aromatic nitrogens is 2. The molecule has 0 saturated carbocycles. The molecule has 0 spiro atoms. The molecule has 0 aliphatic carbocycles. The molecule has 2 N–H and O–H groups in total. The lowest BCUT2D eigenvalue weighted by Gasteiger charge is -2.06. The summed E-state index contributed by atoms with van der Waals surface area (Å²) in [7, 11) is 0. The lowest BCUT2D eigenvalue weighted by molar-refractivity contribution is -0.136. The first-order chi connectivity index (χ1) is 9.51. The van der Waals surface area contributed by atoms with E-state index in [-0.39, 0.29) is 12.0 Å². The van der Waals surface area contributed by atoms with Gasteiger partial charge in [-0.25, -0.2) is 4.98 Å². The average molecular weight is 290 g/mol. The van der Waals surface area contributed by atoms with Gasteiger partial charge < -0.3 is 10.1 Å². The van der Waals surface area contributed by atoms with Crippen molar-refractivity contribution < 1.29 is 9.90 Å². The zero-order valence-electron chi connectivity index (χ0n) is 11.1. The predicted octanol–water partition coefficient (Wildman–Crippen LogP) is 2.09.